The zero-order valence-electron chi connectivity index (χ0n) is 12.2. The molecule has 1 aliphatic rings. The van der Waals surface area contributed by atoms with Crippen LogP contribution in [0.2, 0.25) is 0 Å². The summed E-state index contributed by atoms with van der Waals surface area (Å²) in [4.78, 5) is 0.414. The summed E-state index contributed by atoms with van der Waals surface area (Å²) in [7, 11) is -3.43. The van der Waals surface area contributed by atoms with E-state index in [1.807, 2.05) is 26.8 Å². The van der Waals surface area contributed by atoms with Crippen LogP contribution < -0.4 is 5.73 Å². The van der Waals surface area contributed by atoms with E-state index >= 15 is 0 Å². The molecule has 0 aromatic heterocycles. The SMILES string of the molecule is Cc1cc(CN)cc(S(=O)(=O)N2CCSCC2C)c1C. The number of benzene rings is 1. The molecule has 1 saturated heterocycles. The summed E-state index contributed by atoms with van der Waals surface area (Å²) in [6.45, 7) is 6.71. The first-order valence-corrected chi connectivity index (χ1v) is 9.37. The van der Waals surface area contributed by atoms with Crippen molar-refractivity contribution in [1.29, 1.82) is 0 Å². The molecule has 0 radical (unpaired) electrons. The van der Waals surface area contributed by atoms with Crippen molar-refractivity contribution < 1.29 is 8.42 Å². The third kappa shape index (κ3) is 2.88. The van der Waals surface area contributed by atoms with Crippen molar-refractivity contribution in [2.45, 2.75) is 38.3 Å². The highest BCUT2D eigenvalue weighted by Gasteiger charge is 2.32. The number of rotatable bonds is 3. The fraction of sp³-hybridized carbons (Fsp3) is 0.571. The summed E-state index contributed by atoms with van der Waals surface area (Å²) in [6.07, 6.45) is 0. The highest BCUT2D eigenvalue weighted by molar-refractivity contribution is 7.99. The van der Waals surface area contributed by atoms with Crippen LogP contribution in [0.15, 0.2) is 17.0 Å². The molecule has 0 saturated carbocycles. The van der Waals surface area contributed by atoms with E-state index in [9.17, 15) is 8.42 Å². The first-order valence-electron chi connectivity index (χ1n) is 6.77. The van der Waals surface area contributed by atoms with Crippen LogP contribution in [0.25, 0.3) is 0 Å². The summed E-state index contributed by atoms with van der Waals surface area (Å²) < 4.78 is 27.5. The molecule has 1 heterocycles. The normalized spacial score (nSPS) is 21.1. The van der Waals surface area contributed by atoms with Gasteiger partial charge in [-0.3, -0.25) is 0 Å². The standard InChI is InChI=1S/C14H22N2O2S2/c1-10-6-13(8-15)7-14(12(10)3)20(17,18)16-4-5-19-9-11(16)2/h6-7,11H,4-5,8-9,15H2,1-3H3. The first-order chi connectivity index (χ1) is 9.37. The van der Waals surface area contributed by atoms with Crippen molar-refractivity contribution >= 4 is 21.8 Å². The van der Waals surface area contributed by atoms with E-state index in [0.29, 0.717) is 18.0 Å². The smallest absolute Gasteiger partial charge is 0.243 e. The van der Waals surface area contributed by atoms with Crippen LogP contribution in [0, 0.1) is 13.8 Å². The van der Waals surface area contributed by atoms with Crippen LogP contribution in [0.4, 0.5) is 0 Å². The van der Waals surface area contributed by atoms with Crippen LogP contribution in [0.5, 0.6) is 0 Å². The lowest BCUT2D eigenvalue weighted by molar-refractivity contribution is 0.367. The number of aryl methyl sites for hydroxylation is 1. The number of hydrogen-bond donors (Lipinski definition) is 1. The average Bonchev–Trinajstić information content (AvgIpc) is 2.41. The molecule has 20 heavy (non-hydrogen) atoms. The minimum atomic E-state index is -3.43. The Kier molecular flexibility index (Phi) is 4.79. The maximum absolute atomic E-state index is 12.9. The monoisotopic (exact) mass is 314 g/mol. The van der Waals surface area contributed by atoms with Gasteiger partial charge in [-0.1, -0.05) is 6.07 Å². The molecule has 1 aromatic rings. The van der Waals surface area contributed by atoms with E-state index < -0.39 is 10.0 Å². The van der Waals surface area contributed by atoms with Gasteiger partial charge < -0.3 is 5.73 Å². The molecular weight excluding hydrogens is 292 g/mol. The summed E-state index contributed by atoms with van der Waals surface area (Å²) >= 11 is 1.81. The molecule has 1 fully saturated rings. The predicted octanol–water partition coefficient (Wildman–Crippen LogP) is 1.89. The Morgan fingerprint density at radius 3 is 2.70 bits per heavy atom. The Bertz CT molecular complexity index is 599. The molecule has 1 aromatic carbocycles. The lowest BCUT2D eigenvalue weighted by Gasteiger charge is -2.32. The van der Waals surface area contributed by atoms with Gasteiger partial charge >= 0.3 is 0 Å². The zero-order chi connectivity index (χ0) is 14.9. The Morgan fingerprint density at radius 2 is 2.10 bits per heavy atom. The Balaban J connectivity index is 2.51. The fourth-order valence-corrected chi connectivity index (χ4v) is 5.68. The zero-order valence-corrected chi connectivity index (χ0v) is 13.9. The Hall–Kier alpha value is -0.560. The third-order valence-corrected chi connectivity index (χ3v) is 7.14. The van der Waals surface area contributed by atoms with E-state index in [-0.39, 0.29) is 6.04 Å². The second-order valence-electron chi connectivity index (χ2n) is 5.28. The predicted molar refractivity (Wildman–Crippen MR) is 84.5 cm³/mol. The molecule has 0 spiro atoms. The highest BCUT2D eigenvalue weighted by atomic mass is 32.2. The maximum Gasteiger partial charge on any atom is 0.243 e. The van der Waals surface area contributed by atoms with E-state index in [2.05, 4.69) is 0 Å². The van der Waals surface area contributed by atoms with E-state index in [1.165, 1.54) is 0 Å². The lowest BCUT2D eigenvalue weighted by Crippen LogP contribution is -2.44. The molecule has 0 bridgehead atoms. The number of nitrogens with zero attached hydrogens (tertiary/aromatic N) is 1. The van der Waals surface area contributed by atoms with Crippen molar-refractivity contribution in [3.8, 4) is 0 Å². The van der Waals surface area contributed by atoms with E-state index in [4.69, 9.17) is 5.73 Å². The number of sulfonamides is 1. The van der Waals surface area contributed by atoms with Gasteiger partial charge in [-0.15, -0.1) is 0 Å². The Labute approximate surface area is 125 Å². The molecule has 1 aliphatic heterocycles. The molecular formula is C14H22N2O2S2. The van der Waals surface area contributed by atoms with Crippen molar-refractivity contribution in [1.82, 2.24) is 4.31 Å². The molecule has 0 amide bonds. The van der Waals surface area contributed by atoms with Crippen LogP contribution in [0.1, 0.15) is 23.6 Å². The van der Waals surface area contributed by atoms with Crippen LogP contribution in [-0.4, -0.2) is 36.8 Å². The van der Waals surface area contributed by atoms with Crippen LogP contribution >= 0.6 is 11.8 Å². The second-order valence-corrected chi connectivity index (χ2v) is 8.29. The summed E-state index contributed by atoms with van der Waals surface area (Å²) in [5.74, 6) is 1.71. The molecule has 4 nitrogen and oxygen atoms in total. The largest absolute Gasteiger partial charge is 0.326 e. The van der Waals surface area contributed by atoms with Gasteiger partial charge in [0.1, 0.15) is 0 Å². The molecule has 2 N–H and O–H groups in total. The van der Waals surface area contributed by atoms with E-state index in [0.717, 1.165) is 28.2 Å². The van der Waals surface area contributed by atoms with Gasteiger partial charge in [0, 0.05) is 30.6 Å². The number of nitrogens with two attached hydrogens (primary N) is 1. The van der Waals surface area contributed by atoms with Crippen molar-refractivity contribution in [2.75, 3.05) is 18.1 Å². The molecule has 0 aliphatic carbocycles. The molecule has 6 heteroatoms. The highest BCUT2D eigenvalue weighted by Crippen LogP contribution is 2.28. The van der Waals surface area contributed by atoms with Gasteiger partial charge in [-0.25, -0.2) is 8.42 Å². The van der Waals surface area contributed by atoms with Gasteiger partial charge in [-0.05, 0) is 43.5 Å². The number of thioether (sulfide) groups is 1. The summed E-state index contributed by atoms with van der Waals surface area (Å²) in [5.41, 5.74) is 8.35. The second kappa shape index (κ2) is 6.05. The topological polar surface area (TPSA) is 63.4 Å². The minimum Gasteiger partial charge on any atom is -0.326 e. The van der Waals surface area contributed by atoms with Crippen molar-refractivity contribution in [2.24, 2.45) is 5.73 Å². The third-order valence-electron chi connectivity index (χ3n) is 3.81. The van der Waals surface area contributed by atoms with Gasteiger partial charge in [0.15, 0.2) is 0 Å². The average molecular weight is 314 g/mol. The Morgan fingerprint density at radius 1 is 1.40 bits per heavy atom. The van der Waals surface area contributed by atoms with Gasteiger partial charge in [-0.2, -0.15) is 16.1 Å². The fourth-order valence-electron chi connectivity index (χ4n) is 2.48. The van der Waals surface area contributed by atoms with Crippen molar-refractivity contribution in [3.05, 3.63) is 28.8 Å². The number of hydrogen-bond acceptors (Lipinski definition) is 4. The van der Waals surface area contributed by atoms with Crippen LogP contribution in [0.3, 0.4) is 0 Å². The first kappa shape index (κ1) is 15.8. The minimum absolute atomic E-state index is 0.0417. The van der Waals surface area contributed by atoms with Gasteiger partial charge in [0.2, 0.25) is 10.0 Å². The molecule has 112 valence electrons. The maximum atomic E-state index is 12.9. The summed E-state index contributed by atoms with van der Waals surface area (Å²) in [6, 6.07) is 3.73. The quantitative estimate of drug-likeness (QED) is 0.925. The van der Waals surface area contributed by atoms with Crippen LogP contribution in [-0.2, 0) is 16.6 Å². The van der Waals surface area contributed by atoms with E-state index in [1.54, 1.807) is 22.1 Å². The van der Waals surface area contributed by atoms with Gasteiger partial charge in [0.25, 0.3) is 0 Å². The van der Waals surface area contributed by atoms with Crippen molar-refractivity contribution in [3.63, 3.8) is 0 Å². The molecule has 1 unspecified atom stereocenters. The van der Waals surface area contributed by atoms with Gasteiger partial charge in [0.05, 0.1) is 4.90 Å². The lowest BCUT2D eigenvalue weighted by atomic mass is 10.1. The molecule has 1 atom stereocenters. The molecule has 2 rings (SSSR count). The summed E-state index contributed by atoms with van der Waals surface area (Å²) in [5, 5.41) is 0.